The summed E-state index contributed by atoms with van der Waals surface area (Å²) in [5.41, 5.74) is 0.0587. The third kappa shape index (κ3) is 5.48. The highest BCUT2D eigenvalue weighted by Gasteiger charge is 2.10. The molecule has 0 aliphatic rings. The van der Waals surface area contributed by atoms with E-state index in [1.54, 1.807) is 23.7 Å². The largest absolute Gasteiger partial charge is 0.476 e. The zero-order chi connectivity index (χ0) is 14.3. The topological polar surface area (TPSA) is 82.5 Å². The van der Waals surface area contributed by atoms with Crippen LogP contribution in [0.2, 0.25) is 0 Å². The van der Waals surface area contributed by atoms with Gasteiger partial charge in [0.15, 0.2) is 5.69 Å². The first-order valence-corrected chi connectivity index (χ1v) is 7.97. The van der Waals surface area contributed by atoms with Crippen molar-refractivity contribution in [2.75, 3.05) is 32.1 Å². The average Bonchev–Trinajstić information content (AvgIpc) is 2.84. The lowest BCUT2D eigenvalue weighted by atomic mass is 10.4. The van der Waals surface area contributed by atoms with Crippen molar-refractivity contribution < 1.29 is 14.7 Å². The number of amides is 2. The average molecular weight is 303 g/mol. The summed E-state index contributed by atoms with van der Waals surface area (Å²) in [5.74, 6) is -0.124. The van der Waals surface area contributed by atoms with E-state index in [4.69, 9.17) is 5.11 Å². The first kappa shape index (κ1) is 15.8. The zero-order valence-electron chi connectivity index (χ0n) is 10.9. The van der Waals surface area contributed by atoms with Crippen LogP contribution >= 0.6 is 23.1 Å². The Labute approximate surface area is 120 Å². The van der Waals surface area contributed by atoms with Gasteiger partial charge in [-0.25, -0.2) is 14.6 Å². The molecule has 0 aromatic carbocycles. The number of carboxylic acids is 1. The summed E-state index contributed by atoms with van der Waals surface area (Å²) in [6, 6.07) is -0.121. The van der Waals surface area contributed by atoms with Crippen LogP contribution in [0, 0.1) is 0 Å². The number of nitrogens with zero attached hydrogens (tertiary/aromatic N) is 2. The highest BCUT2D eigenvalue weighted by atomic mass is 32.2. The van der Waals surface area contributed by atoms with E-state index in [0.717, 1.165) is 5.75 Å². The van der Waals surface area contributed by atoms with Crippen LogP contribution in [0.25, 0.3) is 0 Å². The van der Waals surface area contributed by atoms with E-state index < -0.39 is 5.97 Å². The Bertz CT molecular complexity index is 437. The van der Waals surface area contributed by atoms with Gasteiger partial charge in [0.1, 0.15) is 0 Å². The summed E-state index contributed by atoms with van der Waals surface area (Å²) in [6.07, 6.45) is 2.54. The van der Waals surface area contributed by atoms with Gasteiger partial charge in [-0.05, 0) is 6.26 Å². The van der Waals surface area contributed by atoms with Gasteiger partial charge < -0.3 is 15.3 Å². The van der Waals surface area contributed by atoms with Gasteiger partial charge in [-0.1, -0.05) is 0 Å². The number of carboxylic acid groups (broad SMARTS) is 1. The molecule has 1 rings (SSSR count). The van der Waals surface area contributed by atoms with E-state index in [-0.39, 0.29) is 11.7 Å². The second-order valence-corrected chi connectivity index (χ2v) is 5.76. The minimum absolute atomic E-state index is 0.0587. The van der Waals surface area contributed by atoms with Crippen LogP contribution in [0.3, 0.4) is 0 Å². The van der Waals surface area contributed by atoms with Gasteiger partial charge in [0.25, 0.3) is 0 Å². The first-order valence-electron chi connectivity index (χ1n) is 5.70. The summed E-state index contributed by atoms with van der Waals surface area (Å²) in [4.78, 5) is 27.9. The van der Waals surface area contributed by atoms with E-state index in [1.807, 2.05) is 6.26 Å². The Kier molecular flexibility index (Phi) is 6.65. The van der Waals surface area contributed by atoms with Crippen LogP contribution in [0.15, 0.2) is 5.38 Å². The SMILES string of the molecule is CSCCN(C)C(=O)NCCc1nc(C(=O)O)cs1. The molecule has 2 amide bonds. The first-order chi connectivity index (χ1) is 9.04. The van der Waals surface area contributed by atoms with Crippen LogP contribution in [0.5, 0.6) is 0 Å². The molecule has 106 valence electrons. The number of hydrogen-bond acceptors (Lipinski definition) is 5. The Hall–Kier alpha value is -1.28. The predicted molar refractivity (Wildman–Crippen MR) is 77.2 cm³/mol. The predicted octanol–water partition coefficient (Wildman–Crippen LogP) is 1.39. The van der Waals surface area contributed by atoms with Gasteiger partial charge in [-0.15, -0.1) is 11.3 Å². The van der Waals surface area contributed by atoms with E-state index >= 15 is 0 Å². The number of hydrogen-bond donors (Lipinski definition) is 2. The molecule has 0 aliphatic carbocycles. The Morgan fingerprint density at radius 2 is 2.32 bits per heavy atom. The van der Waals surface area contributed by atoms with Gasteiger partial charge in [-0.2, -0.15) is 11.8 Å². The molecule has 0 radical (unpaired) electrons. The third-order valence-electron chi connectivity index (χ3n) is 2.36. The van der Waals surface area contributed by atoms with Crippen LogP contribution in [0.1, 0.15) is 15.5 Å². The zero-order valence-corrected chi connectivity index (χ0v) is 12.5. The molecule has 0 fully saturated rings. The molecule has 0 bridgehead atoms. The molecule has 0 saturated heterocycles. The molecule has 1 heterocycles. The number of aromatic nitrogens is 1. The van der Waals surface area contributed by atoms with E-state index in [1.165, 1.54) is 16.7 Å². The van der Waals surface area contributed by atoms with Crippen LogP contribution in [-0.4, -0.2) is 59.1 Å². The van der Waals surface area contributed by atoms with Crippen molar-refractivity contribution in [3.63, 3.8) is 0 Å². The molecule has 0 saturated carbocycles. The highest BCUT2D eigenvalue weighted by Crippen LogP contribution is 2.09. The monoisotopic (exact) mass is 303 g/mol. The maximum Gasteiger partial charge on any atom is 0.355 e. The number of thiazole rings is 1. The van der Waals surface area contributed by atoms with E-state index in [9.17, 15) is 9.59 Å². The lowest BCUT2D eigenvalue weighted by Crippen LogP contribution is -2.39. The lowest BCUT2D eigenvalue weighted by Gasteiger charge is -2.16. The van der Waals surface area contributed by atoms with Gasteiger partial charge in [0, 0.05) is 37.7 Å². The molecule has 1 aromatic heterocycles. The van der Waals surface area contributed by atoms with Crippen molar-refractivity contribution in [1.82, 2.24) is 15.2 Å². The Balaban J connectivity index is 2.29. The summed E-state index contributed by atoms with van der Waals surface area (Å²) < 4.78 is 0. The fourth-order valence-electron chi connectivity index (χ4n) is 1.27. The molecule has 0 atom stereocenters. The molecule has 1 aromatic rings. The van der Waals surface area contributed by atoms with Gasteiger partial charge in [0.2, 0.25) is 0 Å². The molecular formula is C11H17N3O3S2. The fraction of sp³-hybridized carbons (Fsp3) is 0.545. The summed E-state index contributed by atoms with van der Waals surface area (Å²) in [6.45, 7) is 1.16. The van der Waals surface area contributed by atoms with Gasteiger partial charge >= 0.3 is 12.0 Å². The van der Waals surface area contributed by atoms with E-state index in [0.29, 0.717) is 24.5 Å². The van der Waals surface area contributed by atoms with Gasteiger partial charge in [-0.3, -0.25) is 0 Å². The molecule has 0 spiro atoms. The number of thioether (sulfide) groups is 1. The highest BCUT2D eigenvalue weighted by molar-refractivity contribution is 7.98. The van der Waals surface area contributed by atoms with Gasteiger partial charge in [0.05, 0.1) is 5.01 Å². The van der Waals surface area contributed by atoms with Crippen molar-refractivity contribution in [2.45, 2.75) is 6.42 Å². The molecule has 6 nitrogen and oxygen atoms in total. The molecule has 8 heteroatoms. The molecule has 0 unspecified atom stereocenters. The fourth-order valence-corrected chi connectivity index (χ4v) is 2.49. The van der Waals surface area contributed by atoms with Crippen LogP contribution in [-0.2, 0) is 6.42 Å². The van der Waals surface area contributed by atoms with Crippen molar-refractivity contribution in [1.29, 1.82) is 0 Å². The molecule has 2 N–H and O–H groups in total. The standard InChI is InChI=1S/C11H17N3O3S2/c1-14(5-6-18-2)11(17)12-4-3-9-13-8(7-19-9)10(15)16/h7H,3-6H2,1-2H3,(H,12,17)(H,15,16). The van der Waals surface area contributed by atoms with Crippen molar-refractivity contribution in [2.24, 2.45) is 0 Å². The number of nitrogens with one attached hydrogen (secondary N) is 1. The minimum Gasteiger partial charge on any atom is -0.476 e. The number of carbonyl (C=O) groups is 2. The Morgan fingerprint density at radius 1 is 1.58 bits per heavy atom. The number of urea groups is 1. The summed E-state index contributed by atoms with van der Waals surface area (Å²) in [5, 5.41) is 13.7. The quantitative estimate of drug-likeness (QED) is 0.795. The second-order valence-electron chi connectivity index (χ2n) is 3.83. The summed E-state index contributed by atoms with van der Waals surface area (Å²) >= 11 is 2.98. The smallest absolute Gasteiger partial charge is 0.355 e. The normalized spacial score (nSPS) is 10.2. The van der Waals surface area contributed by atoms with Crippen molar-refractivity contribution >= 4 is 35.1 Å². The number of aromatic carboxylic acids is 1. The van der Waals surface area contributed by atoms with E-state index in [2.05, 4.69) is 10.3 Å². The molecule has 0 aliphatic heterocycles. The van der Waals surface area contributed by atoms with Crippen molar-refractivity contribution in [3.8, 4) is 0 Å². The maximum atomic E-state index is 11.6. The number of carbonyl (C=O) groups excluding carboxylic acids is 1. The van der Waals surface area contributed by atoms with Crippen LogP contribution < -0.4 is 5.32 Å². The molecular weight excluding hydrogens is 286 g/mol. The molecule has 19 heavy (non-hydrogen) atoms. The third-order valence-corrected chi connectivity index (χ3v) is 3.86. The minimum atomic E-state index is -1.02. The lowest BCUT2D eigenvalue weighted by molar-refractivity contribution is 0.0691. The van der Waals surface area contributed by atoms with Crippen molar-refractivity contribution in [3.05, 3.63) is 16.1 Å². The second kappa shape index (κ2) is 8.00. The van der Waals surface area contributed by atoms with Crippen LogP contribution in [0.4, 0.5) is 4.79 Å². The number of rotatable bonds is 7. The summed E-state index contributed by atoms with van der Waals surface area (Å²) in [7, 11) is 1.75. The Morgan fingerprint density at radius 3 is 2.89 bits per heavy atom. The maximum absolute atomic E-state index is 11.6.